The van der Waals surface area contributed by atoms with Crippen molar-refractivity contribution in [1.29, 1.82) is 0 Å². The van der Waals surface area contributed by atoms with Crippen LogP contribution >= 0.6 is 11.8 Å². The highest BCUT2D eigenvalue weighted by atomic mass is 32.2. The first-order chi connectivity index (χ1) is 7.72. The standard InChI is InChI=1S/C11H12N2O2S/c1-2-13-10(14)9(16-11(13)15)12-8-6-4-3-5-7-8/h3-7,9,12H,2H2,1H3. The lowest BCUT2D eigenvalue weighted by Crippen LogP contribution is -2.34. The van der Waals surface area contributed by atoms with E-state index in [0.717, 1.165) is 17.4 Å². The quantitative estimate of drug-likeness (QED) is 0.873. The number of benzene rings is 1. The number of carbonyl (C=O) groups excluding carboxylic acids is 2. The van der Waals surface area contributed by atoms with Crippen LogP contribution in [0.2, 0.25) is 0 Å². The van der Waals surface area contributed by atoms with Gasteiger partial charge in [0.05, 0.1) is 0 Å². The number of imide groups is 1. The van der Waals surface area contributed by atoms with Crippen LogP contribution in [0.5, 0.6) is 0 Å². The molecule has 1 saturated heterocycles. The zero-order valence-corrected chi connectivity index (χ0v) is 9.66. The van der Waals surface area contributed by atoms with Gasteiger partial charge in [0.1, 0.15) is 0 Å². The molecule has 1 aromatic carbocycles. The van der Waals surface area contributed by atoms with E-state index in [4.69, 9.17) is 0 Å². The number of nitrogens with zero attached hydrogens (tertiary/aromatic N) is 1. The van der Waals surface area contributed by atoms with E-state index in [-0.39, 0.29) is 11.1 Å². The van der Waals surface area contributed by atoms with Crippen LogP contribution in [0.1, 0.15) is 6.92 Å². The predicted molar refractivity (Wildman–Crippen MR) is 64.2 cm³/mol. The van der Waals surface area contributed by atoms with Crippen LogP contribution in [0.4, 0.5) is 10.5 Å². The highest BCUT2D eigenvalue weighted by Crippen LogP contribution is 2.27. The Morgan fingerprint density at radius 2 is 2.00 bits per heavy atom. The molecule has 0 spiro atoms. The molecular weight excluding hydrogens is 224 g/mol. The van der Waals surface area contributed by atoms with Crippen molar-refractivity contribution in [3.63, 3.8) is 0 Å². The van der Waals surface area contributed by atoms with Crippen molar-refractivity contribution in [2.75, 3.05) is 11.9 Å². The Hall–Kier alpha value is -1.49. The fourth-order valence-corrected chi connectivity index (χ4v) is 2.48. The number of carbonyl (C=O) groups is 2. The minimum Gasteiger partial charge on any atom is -0.365 e. The van der Waals surface area contributed by atoms with Gasteiger partial charge < -0.3 is 5.32 Å². The normalized spacial score (nSPS) is 20.3. The van der Waals surface area contributed by atoms with Gasteiger partial charge in [0.25, 0.3) is 11.1 Å². The molecule has 1 heterocycles. The first-order valence-corrected chi connectivity index (χ1v) is 5.94. The van der Waals surface area contributed by atoms with Gasteiger partial charge in [-0.05, 0) is 30.8 Å². The zero-order valence-electron chi connectivity index (χ0n) is 8.84. The number of anilines is 1. The van der Waals surface area contributed by atoms with E-state index in [1.54, 1.807) is 6.92 Å². The van der Waals surface area contributed by atoms with Crippen LogP contribution in [0.3, 0.4) is 0 Å². The van der Waals surface area contributed by atoms with Crippen molar-refractivity contribution in [1.82, 2.24) is 4.90 Å². The van der Waals surface area contributed by atoms with Crippen LogP contribution in [0.25, 0.3) is 0 Å². The maximum atomic E-state index is 11.8. The summed E-state index contributed by atoms with van der Waals surface area (Å²) in [6.45, 7) is 2.22. The smallest absolute Gasteiger partial charge is 0.290 e. The van der Waals surface area contributed by atoms with Gasteiger partial charge in [-0.25, -0.2) is 0 Å². The van der Waals surface area contributed by atoms with Crippen molar-refractivity contribution in [3.8, 4) is 0 Å². The van der Waals surface area contributed by atoms with Crippen molar-refractivity contribution in [2.24, 2.45) is 0 Å². The molecule has 0 saturated carbocycles. The predicted octanol–water partition coefficient (Wildman–Crippen LogP) is 2.14. The van der Waals surface area contributed by atoms with Gasteiger partial charge >= 0.3 is 0 Å². The number of rotatable bonds is 3. The molecule has 2 rings (SSSR count). The van der Waals surface area contributed by atoms with E-state index in [2.05, 4.69) is 5.32 Å². The summed E-state index contributed by atoms with van der Waals surface area (Å²) in [6, 6.07) is 9.40. The van der Waals surface area contributed by atoms with E-state index in [1.165, 1.54) is 4.90 Å². The summed E-state index contributed by atoms with van der Waals surface area (Å²) in [4.78, 5) is 24.5. The van der Waals surface area contributed by atoms with Crippen molar-refractivity contribution < 1.29 is 9.59 Å². The van der Waals surface area contributed by atoms with Gasteiger partial charge in [-0.2, -0.15) is 0 Å². The van der Waals surface area contributed by atoms with Crippen LogP contribution in [0.15, 0.2) is 30.3 Å². The van der Waals surface area contributed by atoms with Crippen LogP contribution in [0, 0.1) is 0 Å². The van der Waals surface area contributed by atoms with Gasteiger partial charge in [-0.3, -0.25) is 14.5 Å². The summed E-state index contributed by atoms with van der Waals surface area (Å²) in [7, 11) is 0. The fraction of sp³-hybridized carbons (Fsp3) is 0.273. The first-order valence-electron chi connectivity index (χ1n) is 5.06. The Labute approximate surface area is 98.0 Å². The molecule has 1 fully saturated rings. The highest BCUT2D eigenvalue weighted by molar-refractivity contribution is 8.15. The molecule has 1 atom stereocenters. The van der Waals surface area contributed by atoms with Gasteiger partial charge in [-0.15, -0.1) is 0 Å². The largest absolute Gasteiger partial charge is 0.365 e. The molecule has 1 aromatic rings. The molecule has 1 N–H and O–H groups in total. The van der Waals surface area contributed by atoms with E-state index in [1.807, 2.05) is 30.3 Å². The number of nitrogens with one attached hydrogen (secondary N) is 1. The lowest BCUT2D eigenvalue weighted by molar-refractivity contribution is -0.126. The monoisotopic (exact) mass is 236 g/mol. The molecule has 4 nitrogen and oxygen atoms in total. The SMILES string of the molecule is CCN1C(=O)SC(Nc2ccccc2)C1=O. The van der Waals surface area contributed by atoms with Crippen molar-refractivity contribution in [2.45, 2.75) is 12.3 Å². The Kier molecular flexibility index (Phi) is 3.14. The maximum Gasteiger partial charge on any atom is 0.290 e. The average molecular weight is 236 g/mol. The Bertz CT molecular complexity index is 408. The number of hydrogen-bond acceptors (Lipinski definition) is 4. The second-order valence-corrected chi connectivity index (χ2v) is 4.41. The Morgan fingerprint density at radius 3 is 2.56 bits per heavy atom. The summed E-state index contributed by atoms with van der Waals surface area (Å²) in [5.41, 5.74) is 0.846. The molecule has 16 heavy (non-hydrogen) atoms. The summed E-state index contributed by atoms with van der Waals surface area (Å²) in [6.07, 6.45) is 0. The topological polar surface area (TPSA) is 49.4 Å². The van der Waals surface area contributed by atoms with E-state index >= 15 is 0 Å². The molecule has 1 aliphatic heterocycles. The number of amides is 2. The molecule has 1 aliphatic rings. The average Bonchev–Trinajstić information content (AvgIpc) is 2.55. The molecule has 2 amide bonds. The third kappa shape index (κ3) is 2.04. The van der Waals surface area contributed by atoms with Gasteiger partial charge in [0.15, 0.2) is 5.37 Å². The van der Waals surface area contributed by atoms with Crippen LogP contribution in [-0.2, 0) is 4.79 Å². The van der Waals surface area contributed by atoms with Crippen molar-refractivity contribution in [3.05, 3.63) is 30.3 Å². The maximum absolute atomic E-state index is 11.8. The Balaban J connectivity index is 2.08. The molecule has 0 bridgehead atoms. The Morgan fingerprint density at radius 1 is 1.31 bits per heavy atom. The lowest BCUT2D eigenvalue weighted by Gasteiger charge is -2.12. The molecular formula is C11H12N2O2S. The lowest BCUT2D eigenvalue weighted by atomic mass is 10.3. The highest BCUT2D eigenvalue weighted by Gasteiger charge is 2.38. The summed E-state index contributed by atoms with van der Waals surface area (Å²) in [5.74, 6) is -0.165. The summed E-state index contributed by atoms with van der Waals surface area (Å²) in [5, 5.41) is 2.37. The number of likely N-dealkylation sites (N-methyl/N-ethyl adjacent to an activating group) is 1. The molecule has 0 aliphatic carbocycles. The summed E-state index contributed by atoms with van der Waals surface area (Å²) < 4.78 is 0. The van der Waals surface area contributed by atoms with Crippen molar-refractivity contribution >= 4 is 28.6 Å². The van der Waals surface area contributed by atoms with Gasteiger partial charge in [-0.1, -0.05) is 18.2 Å². The molecule has 0 radical (unpaired) electrons. The molecule has 1 unspecified atom stereocenters. The van der Waals surface area contributed by atoms with Gasteiger partial charge in [0, 0.05) is 12.2 Å². The summed E-state index contributed by atoms with van der Waals surface area (Å²) >= 11 is 1.03. The van der Waals surface area contributed by atoms with Crippen LogP contribution < -0.4 is 5.32 Å². The number of thioether (sulfide) groups is 1. The fourth-order valence-electron chi connectivity index (χ4n) is 1.51. The molecule has 0 aromatic heterocycles. The number of hydrogen-bond donors (Lipinski definition) is 1. The van der Waals surface area contributed by atoms with E-state index < -0.39 is 5.37 Å². The number of para-hydroxylation sites is 1. The first kappa shape index (κ1) is 11.0. The minimum atomic E-state index is -0.491. The minimum absolute atomic E-state index is 0.165. The molecule has 84 valence electrons. The third-order valence-electron chi connectivity index (χ3n) is 2.32. The third-order valence-corrected chi connectivity index (χ3v) is 3.29. The van der Waals surface area contributed by atoms with E-state index in [0.29, 0.717) is 6.54 Å². The molecule has 5 heteroatoms. The van der Waals surface area contributed by atoms with Crippen LogP contribution in [-0.4, -0.2) is 28.0 Å². The second-order valence-electron chi connectivity index (χ2n) is 3.36. The zero-order chi connectivity index (χ0) is 11.5. The second kappa shape index (κ2) is 4.57. The van der Waals surface area contributed by atoms with E-state index in [9.17, 15) is 9.59 Å². The van der Waals surface area contributed by atoms with Gasteiger partial charge in [0.2, 0.25) is 0 Å².